The fourth-order valence-electron chi connectivity index (χ4n) is 4.01. The number of H-pyrrole nitrogens is 1. The zero-order valence-corrected chi connectivity index (χ0v) is 15.6. The number of hydrogen-bond donors (Lipinski definition) is 3. The Morgan fingerprint density at radius 2 is 1.83 bits per heavy atom. The van der Waals surface area contributed by atoms with E-state index in [1.54, 1.807) is 12.1 Å². The van der Waals surface area contributed by atoms with Gasteiger partial charge in [0.1, 0.15) is 17.5 Å². The van der Waals surface area contributed by atoms with Crippen LogP contribution < -0.4 is 5.32 Å². The van der Waals surface area contributed by atoms with Crippen LogP contribution >= 0.6 is 0 Å². The van der Waals surface area contributed by atoms with E-state index in [9.17, 15) is 18.0 Å². The second-order valence-corrected chi connectivity index (χ2v) is 7.46. The Morgan fingerprint density at radius 3 is 2.52 bits per heavy atom. The van der Waals surface area contributed by atoms with Crippen molar-refractivity contribution in [2.45, 2.75) is 25.2 Å². The number of aliphatic hydroxyl groups excluding tert-OH is 1. The van der Waals surface area contributed by atoms with E-state index in [4.69, 9.17) is 5.11 Å². The number of rotatable bonds is 6. The van der Waals surface area contributed by atoms with Gasteiger partial charge in [0.2, 0.25) is 5.91 Å². The molecule has 3 N–H and O–H groups in total. The molecule has 1 saturated carbocycles. The molecule has 1 heterocycles. The van der Waals surface area contributed by atoms with Crippen LogP contribution in [0.4, 0.5) is 13.2 Å². The zero-order valence-electron chi connectivity index (χ0n) is 15.6. The second-order valence-electron chi connectivity index (χ2n) is 7.46. The molecule has 0 aliphatic heterocycles. The number of carbonyl (C=O) groups is 1. The van der Waals surface area contributed by atoms with Crippen LogP contribution in [0.2, 0.25) is 0 Å². The molecular formula is C22H21F3N2O2. The first-order valence-electron chi connectivity index (χ1n) is 9.63. The molecule has 2 aromatic carbocycles. The lowest BCUT2D eigenvalue weighted by Crippen LogP contribution is -2.38. The van der Waals surface area contributed by atoms with Crippen molar-refractivity contribution in [3.05, 3.63) is 59.4 Å². The maximum absolute atomic E-state index is 14.4. The minimum absolute atomic E-state index is 0.0149. The Bertz CT molecular complexity index is 1040. The topological polar surface area (TPSA) is 65.1 Å². The molecule has 3 aromatic rings. The average Bonchev–Trinajstić information content (AvgIpc) is 3.01. The van der Waals surface area contributed by atoms with Gasteiger partial charge in [0.05, 0.1) is 11.2 Å². The van der Waals surface area contributed by atoms with E-state index in [-0.39, 0.29) is 35.7 Å². The lowest BCUT2D eigenvalue weighted by Gasteiger charge is -2.35. The number of aromatic nitrogens is 1. The number of carbonyl (C=O) groups excluding carboxylic acids is 1. The van der Waals surface area contributed by atoms with E-state index in [2.05, 4.69) is 10.3 Å². The number of aromatic amines is 1. The molecule has 4 nitrogen and oxygen atoms in total. The average molecular weight is 402 g/mol. The summed E-state index contributed by atoms with van der Waals surface area (Å²) in [6, 6.07) is 7.95. The van der Waals surface area contributed by atoms with Crippen LogP contribution in [0.25, 0.3) is 22.2 Å². The highest BCUT2D eigenvalue weighted by molar-refractivity contribution is 5.92. The van der Waals surface area contributed by atoms with Crippen molar-refractivity contribution in [1.29, 1.82) is 0 Å². The normalized spacial score (nSPS) is 18.6. The fraction of sp³-hybridized carbons (Fsp3) is 0.318. The Labute approximate surface area is 165 Å². The number of halogens is 3. The quantitative estimate of drug-likeness (QED) is 0.540. The van der Waals surface area contributed by atoms with Gasteiger partial charge >= 0.3 is 0 Å². The molecular weight excluding hydrogens is 381 g/mol. The lowest BCUT2D eigenvalue weighted by molar-refractivity contribution is -0.127. The molecule has 1 amide bonds. The third-order valence-electron chi connectivity index (χ3n) is 5.55. The minimum Gasteiger partial charge on any atom is -0.396 e. The number of aliphatic hydroxyl groups is 1. The first-order valence-corrected chi connectivity index (χ1v) is 9.63. The molecule has 1 aliphatic carbocycles. The van der Waals surface area contributed by atoms with Gasteiger partial charge in [0.15, 0.2) is 0 Å². The zero-order chi connectivity index (χ0) is 20.5. The molecule has 1 aromatic heterocycles. The molecule has 0 bridgehead atoms. The lowest BCUT2D eigenvalue weighted by atomic mass is 9.70. The molecule has 0 saturated heterocycles. The molecule has 152 valence electrons. The first kappa shape index (κ1) is 19.5. The summed E-state index contributed by atoms with van der Waals surface area (Å²) in [6.07, 6.45) is 1.62. The van der Waals surface area contributed by atoms with Crippen LogP contribution in [0.1, 0.15) is 30.7 Å². The number of fused-ring (bicyclic) bond motifs is 1. The standard InChI is InChI=1S/C22H21F3N2O2/c23-15-4-2-12(3-5-15)20-19(17-10-16(24)11-18(25)21(17)27-20)13-8-14(9-13)22(29)26-6-1-7-28/h2-5,10-11,13-14,27-28H,1,6-9H2,(H,26,29)/t13-,14-. The van der Waals surface area contributed by atoms with Gasteiger partial charge in [0, 0.05) is 30.5 Å². The number of nitrogens with one attached hydrogen (secondary N) is 2. The summed E-state index contributed by atoms with van der Waals surface area (Å²) in [5.41, 5.74) is 2.25. The van der Waals surface area contributed by atoms with Gasteiger partial charge in [-0.1, -0.05) is 0 Å². The van der Waals surface area contributed by atoms with Crippen LogP contribution in [-0.2, 0) is 4.79 Å². The van der Waals surface area contributed by atoms with Crippen molar-refractivity contribution in [2.75, 3.05) is 13.2 Å². The van der Waals surface area contributed by atoms with Gasteiger partial charge < -0.3 is 15.4 Å². The third kappa shape index (κ3) is 3.74. The van der Waals surface area contributed by atoms with Crippen LogP contribution in [0.5, 0.6) is 0 Å². The summed E-state index contributed by atoms with van der Waals surface area (Å²) in [5.74, 6) is -2.03. The molecule has 1 aliphatic rings. The van der Waals surface area contributed by atoms with Crippen molar-refractivity contribution in [3.8, 4) is 11.3 Å². The van der Waals surface area contributed by atoms with Gasteiger partial charge in [-0.25, -0.2) is 13.2 Å². The van der Waals surface area contributed by atoms with Gasteiger partial charge in [-0.2, -0.15) is 0 Å². The Hall–Kier alpha value is -2.80. The van der Waals surface area contributed by atoms with E-state index >= 15 is 0 Å². The number of amides is 1. The summed E-state index contributed by atoms with van der Waals surface area (Å²) in [4.78, 5) is 15.3. The van der Waals surface area contributed by atoms with E-state index in [0.29, 0.717) is 42.5 Å². The van der Waals surface area contributed by atoms with Crippen LogP contribution in [0.3, 0.4) is 0 Å². The number of benzene rings is 2. The van der Waals surface area contributed by atoms with Crippen molar-refractivity contribution in [1.82, 2.24) is 10.3 Å². The van der Waals surface area contributed by atoms with Crippen molar-refractivity contribution >= 4 is 16.8 Å². The maximum atomic E-state index is 14.4. The van der Waals surface area contributed by atoms with E-state index in [1.165, 1.54) is 18.2 Å². The Kier molecular flexibility index (Phi) is 5.32. The Balaban J connectivity index is 1.67. The van der Waals surface area contributed by atoms with Gasteiger partial charge in [-0.05, 0) is 66.6 Å². The highest BCUT2D eigenvalue weighted by Crippen LogP contribution is 2.48. The molecule has 0 spiro atoms. The monoisotopic (exact) mass is 402 g/mol. The van der Waals surface area contributed by atoms with E-state index in [0.717, 1.165) is 11.6 Å². The highest BCUT2D eigenvalue weighted by Gasteiger charge is 2.38. The minimum atomic E-state index is -0.688. The van der Waals surface area contributed by atoms with Crippen LogP contribution in [0.15, 0.2) is 36.4 Å². The Morgan fingerprint density at radius 1 is 1.10 bits per heavy atom. The van der Waals surface area contributed by atoms with Crippen LogP contribution in [0, 0.1) is 23.4 Å². The summed E-state index contributed by atoms with van der Waals surface area (Å²) in [7, 11) is 0. The summed E-state index contributed by atoms with van der Waals surface area (Å²) in [6.45, 7) is 0.432. The predicted molar refractivity (Wildman–Crippen MR) is 104 cm³/mol. The second kappa shape index (κ2) is 7.91. The molecule has 0 radical (unpaired) electrons. The highest BCUT2D eigenvalue weighted by atomic mass is 19.1. The summed E-state index contributed by atoms with van der Waals surface area (Å²) in [5, 5.41) is 12.1. The maximum Gasteiger partial charge on any atom is 0.223 e. The van der Waals surface area contributed by atoms with Crippen molar-refractivity contribution < 1.29 is 23.1 Å². The molecule has 7 heteroatoms. The molecule has 0 unspecified atom stereocenters. The van der Waals surface area contributed by atoms with Crippen molar-refractivity contribution in [2.24, 2.45) is 5.92 Å². The molecule has 1 fully saturated rings. The number of hydrogen-bond acceptors (Lipinski definition) is 2. The van der Waals surface area contributed by atoms with Gasteiger partial charge in [-0.3, -0.25) is 4.79 Å². The largest absolute Gasteiger partial charge is 0.396 e. The molecule has 4 rings (SSSR count). The van der Waals surface area contributed by atoms with Crippen LogP contribution in [-0.4, -0.2) is 29.1 Å². The fourth-order valence-corrected chi connectivity index (χ4v) is 4.01. The van der Waals surface area contributed by atoms with Gasteiger partial charge in [-0.15, -0.1) is 0 Å². The van der Waals surface area contributed by atoms with Crippen molar-refractivity contribution in [3.63, 3.8) is 0 Å². The van der Waals surface area contributed by atoms with E-state index < -0.39 is 11.6 Å². The molecule has 29 heavy (non-hydrogen) atoms. The van der Waals surface area contributed by atoms with Gasteiger partial charge in [0.25, 0.3) is 0 Å². The molecule has 0 atom stereocenters. The summed E-state index contributed by atoms with van der Waals surface area (Å²) < 4.78 is 41.6. The smallest absolute Gasteiger partial charge is 0.223 e. The first-order chi connectivity index (χ1) is 14.0. The third-order valence-corrected chi connectivity index (χ3v) is 5.55. The summed E-state index contributed by atoms with van der Waals surface area (Å²) >= 11 is 0. The SMILES string of the molecule is O=C(NCCCO)[C@H]1C[C@H](c2c(-c3ccc(F)cc3)[nH]c3c(F)cc(F)cc32)C1. The van der Waals surface area contributed by atoms with E-state index in [1.807, 2.05) is 0 Å². The predicted octanol–water partition coefficient (Wildman–Crippen LogP) is 4.24.